The number of ether oxygens (including phenoxy) is 1. The molecule has 3 N–H and O–H groups in total. The van der Waals surface area contributed by atoms with E-state index in [1.165, 1.54) is 0 Å². The fourth-order valence-electron chi connectivity index (χ4n) is 2.86. The highest BCUT2D eigenvalue weighted by Gasteiger charge is 2.54. The van der Waals surface area contributed by atoms with Crippen LogP contribution in [0.15, 0.2) is 30.3 Å². The Morgan fingerprint density at radius 1 is 1.35 bits per heavy atom. The minimum Gasteiger partial charge on any atom is -0.382 e. The van der Waals surface area contributed by atoms with E-state index in [-0.39, 0.29) is 5.41 Å². The van der Waals surface area contributed by atoms with Crippen molar-refractivity contribution in [3.63, 3.8) is 0 Å². The van der Waals surface area contributed by atoms with Crippen LogP contribution in [0, 0.1) is 5.41 Å². The monoisotopic (exact) mass is 235 g/mol. The van der Waals surface area contributed by atoms with E-state index in [9.17, 15) is 5.11 Å². The smallest absolute Gasteiger partial charge is 0.120 e. The molecule has 1 fully saturated rings. The van der Waals surface area contributed by atoms with Crippen molar-refractivity contribution in [2.24, 2.45) is 11.1 Å². The lowest BCUT2D eigenvalue weighted by Gasteiger charge is -2.52. The molecule has 2 rings (SSSR count). The minimum absolute atomic E-state index is 0.218. The van der Waals surface area contributed by atoms with Gasteiger partial charge in [0.25, 0.3) is 0 Å². The molecule has 1 unspecified atom stereocenters. The number of rotatable bonds is 5. The molecule has 0 spiro atoms. The van der Waals surface area contributed by atoms with Crippen molar-refractivity contribution in [2.45, 2.75) is 24.9 Å². The summed E-state index contributed by atoms with van der Waals surface area (Å²) in [6, 6.07) is 9.74. The van der Waals surface area contributed by atoms with Gasteiger partial charge in [-0.1, -0.05) is 36.8 Å². The summed E-state index contributed by atoms with van der Waals surface area (Å²) < 4.78 is 5.24. The largest absolute Gasteiger partial charge is 0.382 e. The maximum absolute atomic E-state index is 11.0. The third-order valence-corrected chi connectivity index (χ3v) is 4.18. The van der Waals surface area contributed by atoms with Gasteiger partial charge in [-0.15, -0.1) is 0 Å². The van der Waals surface area contributed by atoms with Crippen LogP contribution in [0.5, 0.6) is 0 Å². The van der Waals surface area contributed by atoms with E-state index >= 15 is 0 Å². The van der Waals surface area contributed by atoms with Crippen molar-refractivity contribution in [3.8, 4) is 0 Å². The Labute approximate surface area is 103 Å². The van der Waals surface area contributed by atoms with Crippen molar-refractivity contribution in [1.82, 2.24) is 0 Å². The summed E-state index contributed by atoms with van der Waals surface area (Å²) in [5.74, 6) is 0. The molecule has 17 heavy (non-hydrogen) atoms. The molecule has 1 aromatic rings. The van der Waals surface area contributed by atoms with Crippen molar-refractivity contribution in [3.05, 3.63) is 35.9 Å². The zero-order chi connectivity index (χ0) is 12.4. The first kappa shape index (κ1) is 12.6. The zero-order valence-electron chi connectivity index (χ0n) is 10.4. The second-order valence-electron chi connectivity index (χ2n) is 5.00. The maximum atomic E-state index is 11.0. The highest BCUT2D eigenvalue weighted by atomic mass is 16.5. The Balaban J connectivity index is 2.38. The third-order valence-electron chi connectivity index (χ3n) is 4.18. The summed E-state index contributed by atoms with van der Waals surface area (Å²) in [5.41, 5.74) is 5.64. The van der Waals surface area contributed by atoms with Gasteiger partial charge in [0.2, 0.25) is 0 Å². The van der Waals surface area contributed by atoms with Crippen LogP contribution in [-0.2, 0) is 10.3 Å². The average molecular weight is 235 g/mol. The molecule has 1 saturated carbocycles. The number of methoxy groups -OCH3 is 1. The van der Waals surface area contributed by atoms with Crippen molar-refractivity contribution in [2.75, 3.05) is 20.3 Å². The third kappa shape index (κ3) is 1.88. The minimum atomic E-state index is -0.962. The standard InChI is InChI=1S/C14H21NO2/c1-17-11-14(16,12-6-3-2-4-7-12)13(10-15)8-5-9-13/h2-4,6-7,16H,5,8-11,15H2,1H3. The molecular formula is C14H21NO2. The molecule has 1 aliphatic carbocycles. The predicted octanol–water partition coefficient (Wildman–Crippen LogP) is 1.65. The molecule has 3 heteroatoms. The van der Waals surface area contributed by atoms with Crippen LogP contribution in [0.3, 0.4) is 0 Å². The van der Waals surface area contributed by atoms with E-state index in [2.05, 4.69) is 0 Å². The Bertz CT molecular complexity index is 356. The topological polar surface area (TPSA) is 55.5 Å². The van der Waals surface area contributed by atoms with Gasteiger partial charge in [-0.05, 0) is 18.4 Å². The lowest BCUT2D eigenvalue weighted by atomic mass is 9.57. The van der Waals surface area contributed by atoms with Gasteiger partial charge in [0, 0.05) is 19.1 Å². The molecule has 1 aromatic carbocycles. The number of benzene rings is 1. The van der Waals surface area contributed by atoms with E-state index in [4.69, 9.17) is 10.5 Å². The molecular weight excluding hydrogens is 214 g/mol. The van der Waals surface area contributed by atoms with Crippen molar-refractivity contribution in [1.29, 1.82) is 0 Å². The van der Waals surface area contributed by atoms with Crippen LogP contribution >= 0.6 is 0 Å². The van der Waals surface area contributed by atoms with E-state index in [1.54, 1.807) is 7.11 Å². The summed E-state index contributed by atoms with van der Waals surface area (Å²) >= 11 is 0. The van der Waals surface area contributed by atoms with Crippen LogP contribution in [0.2, 0.25) is 0 Å². The molecule has 94 valence electrons. The first-order valence-corrected chi connectivity index (χ1v) is 6.15. The van der Waals surface area contributed by atoms with Gasteiger partial charge in [-0.3, -0.25) is 0 Å². The lowest BCUT2D eigenvalue weighted by molar-refractivity contribution is -0.162. The Morgan fingerprint density at radius 2 is 2.00 bits per heavy atom. The summed E-state index contributed by atoms with van der Waals surface area (Å²) in [4.78, 5) is 0. The van der Waals surface area contributed by atoms with E-state index in [0.717, 1.165) is 24.8 Å². The zero-order valence-corrected chi connectivity index (χ0v) is 10.4. The second-order valence-corrected chi connectivity index (χ2v) is 5.00. The Hall–Kier alpha value is -0.900. The number of aliphatic hydroxyl groups is 1. The number of hydrogen-bond donors (Lipinski definition) is 2. The molecule has 0 radical (unpaired) electrons. The Kier molecular flexibility index (Phi) is 3.52. The van der Waals surface area contributed by atoms with Gasteiger partial charge >= 0.3 is 0 Å². The van der Waals surface area contributed by atoms with E-state index < -0.39 is 5.60 Å². The van der Waals surface area contributed by atoms with Gasteiger partial charge in [0.1, 0.15) is 5.60 Å². The van der Waals surface area contributed by atoms with Gasteiger partial charge in [0.15, 0.2) is 0 Å². The van der Waals surface area contributed by atoms with Crippen LogP contribution in [0.1, 0.15) is 24.8 Å². The normalized spacial score (nSPS) is 21.6. The predicted molar refractivity (Wildman–Crippen MR) is 67.6 cm³/mol. The van der Waals surface area contributed by atoms with Crippen molar-refractivity contribution < 1.29 is 9.84 Å². The molecule has 0 amide bonds. The van der Waals surface area contributed by atoms with Crippen LogP contribution < -0.4 is 5.73 Å². The van der Waals surface area contributed by atoms with Gasteiger partial charge < -0.3 is 15.6 Å². The summed E-state index contributed by atoms with van der Waals surface area (Å²) in [6.45, 7) is 0.802. The summed E-state index contributed by atoms with van der Waals surface area (Å²) in [7, 11) is 1.62. The van der Waals surface area contributed by atoms with E-state index in [1.807, 2.05) is 30.3 Å². The fraction of sp³-hybridized carbons (Fsp3) is 0.571. The molecule has 0 aliphatic heterocycles. The van der Waals surface area contributed by atoms with Gasteiger partial charge in [-0.2, -0.15) is 0 Å². The Morgan fingerprint density at radius 3 is 2.41 bits per heavy atom. The number of hydrogen-bond acceptors (Lipinski definition) is 3. The molecule has 3 nitrogen and oxygen atoms in total. The summed E-state index contributed by atoms with van der Waals surface area (Å²) in [6.07, 6.45) is 3.08. The first-order chi connectivity index (χ1) is 8.18. The molecule has 1 atom stereocenters. The molecule has 0 heterocycles. The SMILES string of the molecule is COCC(O)(c1ccccc1)C1(CN)CCC1. The lowest BCUT2D eigenvalue weighted by Crippen LogP contribution is -2.56. The molecule has 1 aliphatic rings. The van der Waals surface area contributed by atoms with Crippen molar-refractivity contribution >= 4 is 0 Å². The highest BCUT2D eigenvalue weighted by Crippen LogP contribution is 2.53. The highest BCUT2D eigenvalue weighted by molar-refractivity contribution is 5.27. The average Bonchev–Trinajstić information content (AvgIpc) is 2.30. The van der Waals surface area contributed by atoms with Gasteiger partial charge in [-0.25, -0.2) is 0 Å². The molecule has 0 aromatic heterocycles. The quantitative estimate of drug-likeness (QED) is 0.816. The first-order valence-electron chi connectivity index (χ1n) is 6.15. The van der Waals surface area contributed by atoms with Crippen LogP contribution in [0.4, 0.5) is 0 Å². The number of nitrogens with two attached hydrogens (primary N) is 1. The van der Waals surface area contributed by atoms with Crippen LogP contribution in [0.25, 0.3) is 0 Å². The maximum Gasteiger partial charge on any atom is 0.120 e. The molecule has 0 saturated heterocycles. The molecule has 0 bridgehead atoms. The fourth-order valence-corrected chi connectivity index (χ4v) is 2.86. The summed E-state index contributed by atoms with van der Waals surface area (Å²) in [5, 5.41) is 11.0. The second kappa shape index (κ2) is 4.77. The van der Waals surface area contributed by atoms with Gasteiger partial charge in [0.05, 0.1) is 6.61 Å². The van der Waals surface area contributed by atoms with Crippen LogP contribution in [-0.4, -0.2) is 25.4 Å². The van der Waals surface area contributed by atoms with E-state index in [0.29, 0.717) is 13.2 Å².